The molecule has 1 aromatic carbocycles. The number of methoxy groups -OCH3 is 1. The number of carbonyl (C=O) groups excluding carboxylic acids is 1. The van der Waals surface area contributed by atoms with E-state index in [0.717, 1.165) is 16.5 Å². The molecule has 0 saturated carbocycles. The fraction of sp³-hybridized carbons (Fsp3) is 0.375. The van der Waals surface area contributed by atoms with Crippen LogP contribution in [0.25, 0.3) is 11.0 Å². The first-order chi connectivity index (χ1) is 10.0. The molecule has 21 heavy (non-hydrogen) atoms. The van der Waals surface area contributed by atoms with E-state index in [1.54, 1.807) is 6.07 Å². The molecular formula is C16H19NO4. The maximum Gasteiger partial charge on any atom is 0.336 e. The van der Waals surface area contributed by atoms with Crippen molar-refractivity contribution >= 4 is 16.9 Å². The molecule has 0 saturated heterocycles. The van der Waals surface area contributed by atoms with Crippen molar-refractivity contribution < 1.29 is 13.9 Å². The van der Waals surface area contributed by atoms with E-state index >= 15 is 0 Å². The highest BCUT2D eigenvalue weighted by atomic mass is 16.5. The first-order valence-corrected chi connectivity index (χ1v) is 6.83. The van der Waals surface area contributed by atoms with Gasteiger partial charge in [0.2, 0.25) is 5.91 Å². The first kappa shape index (κ1) is 15.3. The van der Waals surface area contributed by atoms with Gasteiger partial charge in [0, 0.05) is 25.1 Å². The average molecular weight is 289 g/mol. The number of fused-ring (bicyclic) bond motifs is 1. The van der Waals surface area contributed by atoms with Crippen LogP contribution in [0.15, 0.2) is 33.5 Å². The molecule has 0 unspecified atom stereocenters. The van der Waals surface area contributed by atoms with Crippen molar-refractivity contribution in [1.29, 1.82) is 0 Å². The Balaban J connectivity index is 2.38. The summed E-state index contributed by atoms with van der Waals surface area (Å²) in [5, 5.41) is 3.57. The lowest BCUT2D eigenvalue weighted by Crippen LogP contribution is -2.27. The highest BCUT2D eigenvalue weighted by Gasteiger charge is 2.09. The van der Waals surface area contributed by atoms with Gasteiger partial charge < -0.3 is 14.5 Å². The monoisotopic (exact) mass is 289 g/mol. The number of ether oxygens (including phenoxy) is 1. The molecule has 0 bridgehead atoms. The zero-order valence-electron chi connectivity index (χ0n) is 12.4. The first-order valence-electron chi connectivity index (χ1n) is 6.83. The predicted molar refractivity (Wildman–Crippen MR) is 80.3 cm³/mol. The smallest absolute Gasteiger partial charge is 0.336 e. The van der Waals surface area contributed by atoms with Crippen LogP contribution in [0, 0.1) is 0 Å². The summed E-state index contributed by atoms with van der Waals surface area (Å²) >= 11 is 0. The Morgan fingerprint density at radius 2 is 2.10 bits per heavy atom. The third-order valence-electron chi connectivity index (χ3n) is 3.27. The Kier molecular flexibility index (Phi) is 4.75. The molecule has 2 aromatic rings. The second-order valence-corrected chi connectivity index (χ2v) is 5.21. The molecule has 2 rings (SSSR count). The molecule has 1 amide bonds. The fourth-order valence-electron chi connectivity index (χ4n) is 2.13. The maximum absolute atomic E-state index is 11.6. The minimum atomic E-state index is -0.421. The zero-order chi connectivity index (χ0) is 15.4. The molecule has 1 N–H and O–H groups in total. The van der Waals surface area contributed by atoms with Gasteiger partial charge in [0.25, 0.3) is 0 Å². The topological polar surface area (TPSA) is 68.5 Å². The Morgan fingerprint density at radius 1 is 1.33 bits per heavy atom. The van der Waals surface area contributed by atoms with E-state index in [0.29, 0.717) is 11.5 Å². The van der Waals surface area contributed by atoms with Gasteiger partial charge in [-0.15, -0.1) is 0 Å². The van der Waals surface area contributed by atoms with Crippen LogP contribution >= 0.6 is 0 Å². The average Bonchev–Trinajstić information content (AvgIpc) is 2.44. The minimum absolute atomic E-state index is 0.00336. The van der Waals surface area contributed by atoms with Crippen LogP contribution in [-0.2, 0) is 16.1 Å². The number of carbonyl (C=O) groups is 1. The zero-order valence-corrected chi connectivity index (χ0v) is 12.4. The van der Waals surface area contributed by atoms with E-state index in [-0.39, 0.29) is 19.1 Å². The molecule has 0 aliphatic rings. The van der Waals surface area contributed by atoms with Gasteiger partial charge >= 0.3 is 5.63 Å². The second-order valence-electron chi connectivity index (χ2n) is 5.21. The predicted octanol–water partition coefficient (Wildman–Crippen LogP) is 2.18. The van der Waals surface area contributed by atoms with Gasteiger partial charge in [-0.25, -0.2) is 4.79 Å². The molecule has 0 spiro atoms. The van der Waals surface area contributed by atoms with Crippen molar-refractivity contribution in [3.05, 3.63) is 45.8 Å². The standard InChI is InChI=1S/C16H19NO4/c1-10(2)11-4-5-14-13(6-11)12(7-16(19)21-14)8-17-15(18)9-20-3/h4-7,10H,8-9H2,1-3H3,(H,17,18). The van der Waals surface area contributed by atoms with Gasteiger partial charge in [0.05, 0.1) is 0 Å². The van der Waals surface area contributed by atoms with Crippen LogP contribution in [0.4, 0.5) is 0 Å². The van der Waals surface area contributed by atoms with Crippen molar-refractivity contribution in [2.45, 2.75) is 26.3 Å². The van der Waals surface area contributed by atoms with E-state index in [1.165, 1.54) is 13.2 Å². The van der Waals surface area contributed by atoms with Gasteiger partial charge in [-0.1, -0.05) is 19.9 Å². The van der Waals surface area contributed by atoms with E-state index in [2.05, 4.69) is 19.2 Å². The van der Waals surface area contributed by atoms with Crippen LogP contribution in [-0.4, -0.2) is 19.6 Å². The summed E-state index contributed by atoms with van der Waals surface area (Å²) in [5.74, 6) is 0.149. The molecule has 112 valence electrons. The molecule has 5 nitrogen and oxygen atoms in total. The van der Waals surface area contributed by atoms with Crippen molar-refractivity contribution in [2.24, 2.45) is 0 Å². The third kappa shape index (κ3) is 3.70. The molecule has 0 atom stereocenters. The summed E-state index contributed by atoms with van der Waals surface area (Å²) in [6.07, 6.45) is 0. The van der Waals surface area contributed by atoms with Crippen LogP contribution in [0.5, 0.6) is 0 Å². The van der Waals surface area contributed by atoms with Crippen molar-refractivity contribution in [2.75, 3.05) is 13.7 Å². The highest BCUT2D eigenvalue weighted by molar-refractivity contribution is 5.82. The van der Waals surface area contributed by atoms with Gasteiger partial charge in [-0.3, -0.25) is 4.79 Å². The van der Waals surface area contributed by atoms with Crippen LogP contribution in [0.2, 0.25) is 0 Å². The Morgan fingerprint density at radius 3 is 2.76 bits per heavy atom. The number of benzene rings is 1. The normalized spacial score (nSPS) is 11.0. The summed E-state index contributed by atoms with van der Waals surface area (Å²) in [6.45, 7) is 4.46. The lowest BCUT2D eigenvalue weighted by molar-refractivity contribution is -0.124. The highest BCUT2D eigenvalue weighted by Crippen LogP contribution is 2.23. The summed E-state index contributed by atoms with van der Waals surface area (Å²) in [5.41, 5.74) is 2.01. The lowest BCUT2D eigenvalue weighted by atomic mass is 9.99. The van der Waals surface area contributed by atoms with Crippen LogP contribution in [0.3, 0.4) is 0 Å². The van der Waals surface area contributed by atoms with E-state index in [1.807, 2.05) is 12.1 Å². The molecule has 0 aliphatic heterocycles. The number of nitrogens with one attached hydrogen (secondary N) is 1. The lowest BCUT2D eigenvalue weighted by Gasteiger charge is -2.10. The molecule has 0 radical (unpaired) electrons. The third-order valence-corrected chi connectivity index (χ3v) is 3.27. The van der Waals surface area contributed by atoms with Gasteiger partial charge in [-0.2, -0.15) is 0 Å². The molecule has 0 aliphatic carbocycles. The molecule has 1 aromatic heterocycles. The van der Waals surface area contributed by atoms with E-state index < -0.39 is 5.63 Å². The SMILES string of the molecule is COCC(=O)NCc1cc(=O)oc2ccc(C(C)C)cc12. The Hall–Kier alpha value is -2.14. The summed E-state index contributed by atoms with van der Waals surface area (Å²) in [6, 6.07) is 7.16. The molecule has 1 heterocycles. The summed E-state index contributed by atoms with van der Waals surface area (Å²) in [4.78, 5) is 23.1. The number of hydrogen-bond donors (Lipinski definition) is 1. The summed E-state index contributed by atoms with van der Waals surface area (Å²) in [7, 11) is 1.46. The van der Waals surface area contributed by atoms with Crippen LogP contribution < -0.4 is 10.9 Å². The molecule has 0 fully saturated rings. The maximum atomic E-state index is 11.6. The molecule has 5 heteroatoms. The van der Waals surface area contributed by atoms with Crippen molar-refractivity contribution in [3.63, 3.8) is 0 Å². The minimum Gasteiger partial charge on any atom is -0.423 e. The molecular weight excluding hydrogens is 270 g/mol. The summed E-state index contributed by atoms with van der Waals surface area (Å²) < 4.78 is 9.96. The van der Waals surface area contributed by atoms with Crippen molar-refractivity contribution in [1.82, 2.24) is 5.32 Å². The fourth-order valence-corrected chi connectivity index (χ4v) is 2.13. The van der Waals surface area contributed by atoms with Gasteiger partial charge in [0.1, 0.15) is 12.2 Å². The second kappa shape index (κ2) is 6.54. The van der Waals surface area contributed by atoms with Crippen LogP contribution in [0.1, 0.15) is 30.9 Å². The van der Waals surface area contributed by atoms with E-state index in [4.69, 9.17) is 9.15 Å². The van der Waals surface area contributed by atoms with Gasteiger partial charge in [0.15, 0.2) is 0 Å². The van der Waals surface area contributed by atoms with E-state index in [9.17, 15) is 9.59 Å². The number of amides is 1. The van der Waals surface area contributed by atoms with Crippen molar-refractivity contribution in [3.8, 4) is 0 Å². The quantitative estimate of drug-likeness (QED) is 0.857. The Bertz CT molecular complexity index is 703. The largest absolute Gasteiger partial charge is 0.423 e. The Labute approximate surface area is 122 Å². The number of hydrogen-bond acceptors (Lipinski definition) is 4. The van der Waals surface area contributed by atoms with Gasteiger partial charge in [-0.05, 0) is 29.2 Å². The number of rotatable bonds is 5.